The Morgan fingerprint density at radius 1 is 0.921 bits per heavy atom. The van der Waals surface area contributed by atoms with E-state index in [4.69, 9.17) is 0 Å². The smallest absolute Gasteiger partial charge is 0.254 e. The molecule has 0 aliphatic carbocycles. The van der Waals surface area contributed by atoms with Crippen LogP contribution in [0.15, 0.2) is 72.9 Å². The minimum Gasteiger partial charge on any atom is -0.352 e. The number of nitrogens with zero attached hydrogens (tertiary/aromatic N) is 1. The van der Waals surface area contributed by atoms with E-state index in [1.807, 2.05) is 55.5 Å². The van der Waals surface area contributed by atoms with E-state index in [0.29, 0.717) is 30.5 Å². The van der Waals surface area contributed by atoms with E-state index < -0.39 is 11.7 Å². The minimum atomic E-state index is -0.562. The summed E-state index contributed by atoms with van der Waals surface area (Å²) in [6, 6.07) is 20.5. The lowest BCUT2D eigenvalue weighted by molar-refractivity contribution is 0.0933. The van der Waals surface area contributed by atoms with Crippen molar-refractivity contribution in [1.29, 1.82) is 0 Å². The van der Waals surface area contributed by atoms with Crippen LogP contribution >= 0.6 is 0 Å². The summed E-state index contributed by atoms with van der Waals surface area (Å²) in [6.45, 7) is 8.72. The largest absolute Gasteiger partial charge is 0.352 e. The number of benzene rings is 3. The molecule has 1 N–H and O–H groups in total. The van der Waals surface area contributed by atoms with Gasteiger partial charge >= 0.3 is 0 Å². The second kappa shape index (κ2) is 11.7. The van der Waals surface area contributed by atoms with Crippen molar-refractivity contribution in [1.82, 2.24) is 10.3 Å². The average Bonchev–Trinajstić information content (AvgIpc) is 2.88. The summed E-state index contributed by atoms with van der Waals surface area (Å²) in [5, 5.41) is 3.64. The summed E-state index contributed by atoms with van der Waals surface area (Å²) in [4.78, 5) is 30.4. The molecule has 38 heavy (non-hydrogen) atoms. The van der Waals surface area contributed by atoms with Crippen LogP contribution in [0.3, 0.4) is 0 Å². The highest BCUT2D eigenvalue weighted by molar-refractivity contribution is 6.02. The van der Waals surface area contributed by atoms with Gasteiger partial charge in [0.25, 0.3) is 5.91 Å². The van der Waals surface area contributed by atoms with Crippen LogP contribution in [-0.4, -0.2) is 23.2 Å². The molecule has 0 fully saturated rings. The quantitative estimate of drug-likeness (QED) is 0.185. The molecule has 1 aromatic heterocycles. The molecule has 196 valence electrons. The van der Waals surface area contributed by atoms with Gasteiger partial charge in [0.15, 0.2) is 5.78 Å². The number of carbonyl (C=O) groups excluding carboxylic acids is 2. The number of rotatable bonds is 9. The van der Waals surface area contributed by atoms with Crippen LogP contribution < -0.4 is 5.32 Å². The molecule has 0 atom stereocenters. The molecule has 0 bridgehead atoms. The SMILES string of the molecule is CCCCNC(=O)c1ccc(-c2ccc3ncc(C(=O)CC(C)(C)C)c(Cc4ccccc4)c3c2)cc1F. The number of fused-ring (bicyclic) bond motifs is 1. The van der Waals surface area contributed by atoms with Gasteiger partial charge in [0.1, 0.15) is 5.82 Å². The number of carbonyl (C=O) groups is 2. The van der Waals surface area contributed by atoms with Crippen molar-refractivity contribution < 1.29 is 14.0 Å². The van der Waals surface area contributed by atoms with E-state index in [9.17, 15) is 14.0 Å². The summed E-state index contributed by atoms with van der Waals surface area (Å²) >= 11 is 0. The highest BCUT2D eigenvalue weighted by Gasteiger charge is 2.22. The number of unbranched alkanes of at least 4 members (excludes halogenated alkanes) is 1. The average molecular weight is 511 g/mol. The molecule has 4 nitrogen and oxygen atoms in total. The molecule has 0 radical (unpaired) electrons. The van der Waals surface area contributed by atoms with Gasteiger partial charge in [-0.2, -0.15) is 0 Å². The van der Waals surface area contributed by atoms with Crippen molar-refractivity contribution in [3.05, 3.63) is 101 Å². The number of hydrogen-bond acceptors (Lipinski definition) is 3. The maximum absolute atomic E-state index is 15.0. The molecule has 0 aliphatic rings. The number of pyridine rings is 1. The van der Waals surface area contributed by atoms with E-state index in [-0.39, 0.29) is 16.8 Å². The molecule has 0 saturated heterocycles. The Kier molecular flexibility index (Phi) is 8.35. The minimum absolute atomic E-state index is 0.0344. The summed E-state index contributed by atoms with van der Waals surface area (Å²) in [5.41, 5.74) is 4.76. The summed E-state index contributed by atoms with van der Waals surface area (Å²) < 4.78 is 15.0. The molecule has 0 spiro atoms. The number of halogens is 1. The fraction of sp³-hybridized carbons (Fsp3) is 0.303. The summed E-state index contributed by atoms with van der Waals surface area (Å²) in [7, 11) is 0. The molecule has 5 heteroatoms. The predicted octanol–water partition coefficient (Wildman–Crippen LogP) is 7.78. The van der Waals surface area contributed by atoms with Gasteiger partial charge in [0, 0.05) is 30.1 Å². The van der Waals surface area contributed by atoms with Crippen LogP contribution in [0.5, 0.6) is 0 Å². The van der Waals surface area contributed by atoms with Crippen molar-refractivity contribution in [2.75, 3.05) is 6.54 Å². The molecule has 1 heterocycles. The molecule has 4 rings (SSSR count). The number of hydrogen-bond donors (Lipinski definition) is 1. The summed E-state index contributed by atoms with van der Waals surface area (Å²) in [6.07, 6.45) is 4.49. The van der Waals surface area contributed by atoms with E-state index in [2.05, 4.69) is 31.1 Å². The van der Waals surface area contributed by atoms with Crippen molar-refractivity contribution in [3.8, 4) is 11.1 Å². The Labute approximate surface area is 224 Å². The van der Waals surface area contributed by atoms with Crippen molar-refractivity contribution in [3.63, 3.8) is 0 Å². The third-order valence-corrected chi connectivity index (χ3v) is 6.56. The van der Waals surface area contributed by atoms with Gasteiger partial charge in [-0.05, 0) is 64.8 Å². The lowest BCUT2D eigenvalue weighted by Crippen LogP contribution is -2.25. The standard InChI is InChI=1S/C33H35FN2O2/c1-5-6-16-35-32(38)25-14-12-24(19-29(25)34)23-13-15-30-27(18-23)26(17-22-10-8-7-9-11-22)28(21-36-30)31(37)20-33(2,3)4/h7-15,18-19,21H,5-6,16-17,20H2,1-4H3,(H,35,38). The van der Waals surface area contributed by atoms with Gasteiger partial charge in [-0.1, -0.05) is 76.6 Å². The van der Waals surface area contributed by atoms with Crippen LogP contribution in [0.25, 0.3) is 22.0 Å². The first kappa shape index (κ1) is 27.2. The van der Waals surface area contributed by atoms with E-state index in [1.165, 1.54) is 12.1 Å². The molecular weight excluding hydrogens is 475 g/mol. The molecule has 0 unspecified atom stereocenters. The fourth-order valence-electron chi connectivity index (χ4n) is 4.59. The Bertz CT molecular complexity index is 1460. The highest BCUT2D eigenvalue weighted by Crippen LogP contribution is 2.31. The maximum Gasteiger partial charge on any atom is 0.254 e. The molecular formula is C33H35FN2O2. The topological polar surface area (TPSA) is 59.1 Å². The predicted molar refractivity (Wildman–Crippen MR) is 152 cm³/mol. The van der Waals surface area contributed by atoms with E-state index in [1.54, 1.807) is 12.3 Å². The van der Waals surface area contributed by atoms with Gasteiger partial charge in [0.2, 0.25) is 0 Å². The number of amides is 1. The Hall–Kier alpha value is -3.86. The van der Waals surface area contributed by atoms with Gasteiger partial charge in [-0.3, -0.25) is 14.6 Å². The second-order valence-corrected chi connectivity index (χ2v) is 11.0. The van der Waals surface area contributed by atoms with Crippen LogP contribution in [0.2, 0.25) is 0 Å². The van der Waals surface area contributed by atoms with Crippen LogP contribution in [0, 0.1) is 11.2 Å². The first-order valence-corrected chi connectivity index (χ1v) is 13.2. The molecule has 3 aromatic carbocycles. The lowest BCUT2D eigenvalue weighted by Gasteiger charge is -2.19. The Morgan fingerprint density at radius 3 is 2.32 bits per heavy atom. The third kappa shape index (κ3) is 6.52. The fourth-order valence-corrected chi connectivity index (χ4v) is 4.59. The van der Waals surface area contributed by atoms with E-state index in [0.717, 1.165) is 40.4 Å². The maximum atomic E-state index is 15.0. The molecule has 0 saturated carbocycles. The first-order valence-electron chi connectivity index (χ1n) is 13.2. The first-order chi connectivity index (χ1) is 18.2. The van der Waals surface area contributed by atoms with Gasteiger partial charge in [0.05, 0.1) is 11.1 Å². The number of ketones is 1. The zero-order chi connectivity index (χ0) is 27.3. The van der Waals surface area contributed by atoms with Gasteiger partial charge in [-0.15, -0.1) is 0 Å². The normalized spacial score (nSPS) is 11.5. The molecule has 4 aromatic rings. The third-order valence-electron chi connectivity index (χ3n) is 6.56. The van der Waals surface area contributed by atoms with E-state index >= 15 is 0 Å². The van der Waals surface area contributed by atoms with Crippen LogP contribution in [0.1, 0.15) is 78.8 Å². The molecule has 0 aliphatic heterocycles. The Balaban J connectivity index is 1.77. The zero-order valence-electron chi connectivity index (χ0n) is 22.6. The highest BCUT2D eigenvalue weighted by atomic mass is 19.1. The van der Waals surface area contributed by atoms with Crippen molar-refractivity contribution in [2.45, 2.75) is 53.4 Å². The molecule has 1 amide bonds. The monoisotopic (exact) mass is 510 g/mol. The number of nitrogens with one attached hydrogen (secondary N) is 1. The number of aromatic nitrogens is 1. The van der Waals surface area contributed by atoms with Gasteiger partial charge in [-0.25, -0.2) is 4.39 Å². The summed E-state index contributed by atoms with van der Waals surface area (Å²) in [5.74, 6) is -0.904. The van der Waals surface area contributed by atoms with Crippen LogP contribution in [0.4, 0.5) is 4.39 Å². The second-order valence-electron chi connectivity index (χ2n) is 11.0. The Morgan fingerprint density at radius 2 is 1.63 bits per heavy atom. The van der Waals surface area contributed by atoms with Crippen molar-refractivity contribution in [2.24, 2.45) is 5.41 Å². The van der Waals surface area contributed by atoms with Crippen LogP contribution in [-0.2, 0) is 6.42 Å². The number of Topliss-reactive ketones (excluding diaryl/α,β-unsaturated/α-hetero) is 1. The van der Waals surface area contributed by atoms with Crippen molar-refractivity contribution >= 4 is 22.6 Å². The lowest BCUT2D eigenvalue weighted by atomic mass is 9.85. The zero-order valence-corrected chi connectivity index (χ0v) is 22.6. The van der Waals surface area contributed by atoms with Gasteiger partial charge < -0.3 is 5.32 Å².